The molecule has 1 aromatic carbocycles. The number of nitro groups is 1. The van der Waals surface area contributed by atoms with Crippen LogP contribution in [0.1, 0.15) is 10.4 Å². The fraction of sp³-hybridized carbons (Fsp3) is 0.167. The summed E-state index contributed by atoms with van der Waals surface area (Å²) in [5.74, 6) is -0.0725. The Labute approximate surface area is 134 Å². The molecular weight excluding hydrogens is 332 g/mol. The maximum atomic E-state index is 12.2. The quantitative estimate of drug-likeness (QED) is 0.346. The number of amides is 1. The molecule has 0 spiro atoms. The molecule has 0 atom stereocenters. The molecule has 0 saturated carbocycles. The number of nitrogens with one attached hydrogen (secondary N) is 2. The molecule has 1 amide bonds. The first-order chi connectivity index (χ1) is 10.6. The average molecular weight is 343 g/mol. The fourth-order valence-electron chi connectivity index (χ4n) is 1.55. The van der Waals surface area contributed by atoms with E-state index in [0.29, 0.717) is 17.9 Å². The van der Waals surface area contributed by atoms with Crippen LogP contribution in [0.5, 0.6) is 5.75 Å². The minimum atomic E-state index is -0.566. The van der Waals surface area contributed by atoms with E-state index >= 15 is 0 Å². The van der Waals surface area contributed by atoms with E-state index in [2.05, 4.69) is 15.1 Å². The Morgan fingerprint density at radius 1 is 1.45 bits per heavy atom. The summed E-state index contributed by atoms with van der Waals surface area (Å²) in [5, 5.41) is 13.1. The number of hydrogen-bond donors (Lipinski definition) is 2. The average Bonchev–Trinajstić information content (AvgIpc) is 2.97. The van der Waals surface area contributed by atoms with E-state index in [4.69, 9.17) is 16.5 Å². The number of hydrogen-bond acceptors (Lipinski definition) is 7. The first kappa shape index (κ1) is 16.1. The van der Waals surface area contributed by atoms with E-state index in [1.807, 2.05) is 0 Å². The predicted octanol–water partition coefficient (Wildman–Crippen LogP) is 2.43. The molecule has 1 aromatic heterocycles. The zero-order chi connectivity index (χ0) is 15.9. The van der Waals surface area contributed by atoms with Crippen molar-refractivity contribution >= 4 is 39.2 Å². The number of benzene rings is 1. The Hall–Kier alpha value is -2.23. The number of anilines is 1. The number of ether oxygens (including phenoxy) is 1. The highest BCUT2D eigenvalue weighted by Crippen LogP contribution is 2.26. The van der Waals surface area contributed by atoms with Gasteiger partial charge < -0.3 is 4.74 Å². The second kappa shape index (κ2) is 7.69. The molecule has 2 rings (SSSR count). The van der Waals surface area contributed by atoms with Gasteiger partial charge >= 0.3 is 5.00 Å². The fourth-order valence-corrected chi connectivity index (χ4v) is 2.26. The van der Waals surface area contributed by atoms with E-state index in [1.54, 1.807) is 24.3 Å². The highest BCUT2D eigenvalue weighted by molar-refractivity contribution is 7.18. The van der Waals surface area contributed by atoms with Crippen molar-refractivity contribution in [2.24, 2.45) is 0 Å². The van der Waals surface area contributed by atoms with Gasteiger partial charge in [0.1, 0.15) is 18.6 Å². The zero-order valence-electron chi connectivity index (χ0n) is 11.1. The van der Waals surface area contributed by atoms with Crippen LogP contribution in [-0.4, -0.2) is 29.0 Å². The van der Waals surface area contributed by atoms with Crippen molar-refractivity contribution in [3.63, 3.8) is 0 Å². The second-order valence-corrected chi connectivity index (χ2v) is 5.22. The molecule has 0 saturated heterocycles. The van der Waals surface area contributed by atoms with Gasteiger partial charge in [0, 0.05) is 6.54 Å². The molecule has 0 aliphatic rings. The van der Waals surface area contributed by atoms with Gasteiger partial charge in [0.05, 0.1) is 10.5 Å². The van der Waals surface area contributed by atoms with Gasteiger partial charge in [-0.25, -0.2) is 9.82 Å². The van der Waals surface area contributed by atoms with Crippen LogP contribution in [-0.2, 0) is 0 Å². The Kier molecular flexibility index (Phi) is 5.64. The third-order valence-electron chi connectivity index (χ3n) is 2.48. The Morgan fingerprint density at radius 3 is 2.91 bits per heavy atom. The van der Waals surface area contributed by atoms with Gasteiger partial charge in [-0.15, -0.1) is 0 Å². The number of halogens is 1. The number of para-hydroxylation sites is 1. The topological polar surface area (TPSA) is 106 Å². The molecule has 2 aromatic rings. The van der Waals surface area contributed by atoms with Crippen LogP contribution >= 0.6 is 23.1 Å². The van der Waals surface area contributed by atoms with Crippen molar-refractivity contribution in [2.45, 2.75) is 0 Å². The van der Waals surface area contributed by atoms with E-state index in [9.17, 15) is 14.9 Å². The van der Waals surface area contributed by atoms with E-state index in [1.165, 1.54) is 0 Å². The first-order valence-electron chi connectivity index (χ1n) is 6.08. The van der Waals surface area contributed by atoms with E-state index in [0.717, 1.165) is 17.5 Å². The lowest BCUT2D eigenvalue weighted by Crippen LogP contribution is -2.16. The van der Waals surface area contributed by atoms with Crippen molar-refractivity contribution in [1.82, 2.24) is 9.82 Å². The molecule has 0 fully saturated rings. The van der Waals surface area contributed by atoms with Gasteiger partial charge in [0.2, 0.25) is 0 Å². The summed E-state index contributed by atoms with van der Waals surface area (Å²) in [5.41, 5.74) is 0.301. The summed E-state index contributed by atoms with van der Waals surface area (Å²) < 4.78 is 5.45. The summed E-state index contributed by atoms with van der Waals surface area (Å²) in [7, 11) is 0. The highest BCUT2D eigenvalue weighted by Gasteiger charge is 2.16. The summed E-state index contributed by atoms with van der Waals surface area (Å²) in [6.45, 7) is 0.701. The number of carbonyl (C=O) groups excluding carboxylic acids is 1. The standard InChI is InChI=1S/C12H11ClN4O4S/c13-15-5-6-21-9-4-2-1-3-8(9)11(18)16-12-14-7-10(22-12)17(19)20/h1-4,7,15H,5-6H2,(H,14,16,18). The van der Waals surface area contributed by atoms with Gasteiger partial charge in [-0.2, -0.15) is 0 Å². The van der Waals surface area contributed by atoms with Crippen LogP contribution in [0.2, 0.25) is 0 Å². The van der Waals surface area contributed by atoms with Crippen LogP contribution < -0.4 is 14.9 Å². The van der Waals surface area contributed by atoms with Gasteiger partial charge in [0.25, 0.3) is 5.91 Å². The molecule has 1 heterocycles. The number of nitrogens with zero attached hydrogens (tertiary/aromatic N) is 2. The van der Waals surface area contributed by atoms with Gasteiger partial charge in [-0.05, 0) is 35.2 Å². The number of aromatic nitrogens is 1. The lowest BCUT2D eigenvalue weighted by atomic mass is 10.2. The molecule has 116 valence electrons. The monoisotopic (exact) mass is 342 g/mol. The first-order valence-corrected chi connectivity index (χ1v) is 7.28. The molecule has 0 aliphatic carbocycles. The van der Waals surface area contributed by atoms with Gasteiger partial charge in [-0.1, -0.05) is 12.1 Å². The van der Waals surface area contributed by atoms with E-state index in [-0.39, 0.29) is 16.7 Å². The van der Waals surface area contributed by atoms with Crippen molar-refractivity contribution in [3.05, 3.63) is 46.1 Å². The second-order valence-electron chi connectivity index (χ2n) is 3.94. The zero-order valence-corrected chi connectivity index (χ0v) is 12.7. The minimum Gasteiger partial charge on any atom is -0.491 e. The van der Waals surface area contributed by atoms with Crippen LogP contribution in [0.3, 0.4) is 0 Å². The molecule has 22 heavy (non-hydrogen) atoms. The lowest BCUT2D eigenvalue weighted by molar-refractivity contribution is -0.380. The third kappa shape index (κ3) is 4.13. The van der Waals surface area contributed by atoms with Crippen LogP contribution in [0.25, 0.3) is 0 Å². The molecule has 10 heteroatoms. The lowest BCUT2D eigenvalue weighted by Gasteiger charge is -2.10. The van der Waals surface area contributed by atoms with Crippen molar-refractivity contribution in [2.75, 3.05) is 18.5 Å². The third-order valence-corrected chi connectivity index (χ3v) is 3.53. The smallest absolute Gasteiger partial charge is 0.345 e. The van der Waals surface area contributed by atoms with Crippen molar-refractivity contribution < 1.29 is 14.5 Å². The summed E-state index contributed by atoms with van der Waals surface area (Å²) in [4.78, 5) is 28.4. The largest absolute Gasteiger partial charge is 0.491 e. The van der Waals surface area contributed by atoms with Crippen LogP contribution in [0, 0.1) is 10.1 Å². The van der Waals surface area contributed by atoms with Gasteiger partial charge in [-0.3, -0.25) is 20.2 Å². The van der Waals surface area contributed by atoms with Crippen LogP contribution in [0.4, 0.5) is 10.1 Å². The summed E-state index contributed by atoms with van der Waals surface area (Å²) in [6, 6.07) is 6.65. The number of thiazole rings is 1. The molecular formula is C12H11ClN4O4S. The highest BCUT2D eigenvalue weighted by atomic mass is 35.5. The predicted molar refractivity (Wildman–Crippen MR) is 82.5 cm³/mol. The van der Waals surface area contributed by atoms with Crippen LogP contribution in [0.15, 0.2) is 30.5 Å². The summed E-state index contributed by atoms with van der Waals surface area (Å²) in [6.07, 6.45) is 1.09. The maximum absolute atomic E-state index is 12.2. The molecule has 8 nitrogen and oxygen atoms in total. The Bertz CT molecular complexity index is 679. The molecule has 0 unspecified atom stereocenters. The summed E-state index contributed by atoms with van der Waals surface area (Å²) >= 11 is 6.11. The SMILES string of the molecule is O=C(Nc1ncc([N+](=O)[O-])s1)c1ccccc1OCCNCl. The molecule has 0 bridgehead atoms. The van der Waals surface area contributed by atoms with Gasteiger partial charge in [0.15, 0.2) is 5.13 Å². The van der Waals surface area contributed by atoms with Crippen molar-refractivity contribution in [3.8, 4) is 5.75 Å². The van der Waals surface area contributed by atoms with E-state index < -0.39 is 10.8 Å². The maximum Gasteiger partial charge on any atom is 0.345 e. The number of rotatable bonds is 7. The number of carbonyl (C=O) groups is 1. The normalized spacial score (nSPS) is 10.2. The van der Waals surface area contributed by atoms with Crippen molar-refractivity contribution in [1.29, 1.82) is 0 Å². The molecule has 0 aliphatic heterocycles. The molecule has 0 radical (unpaired) electrons. The Morgan fingerprint density at radius 2 is 2.23 bits per heavy atom. The minimum absolute atomic E-state index is 0.145. The molecule has 2 N–H and O–H groups in total. The Balaban J connectivity index is 2.09.